The molecule has 192 valence electrons. The van der Waals surface area contributed by atoms with Gasteiger partial charge >= 0.3 is 0 Å². The van der Waals surface area contributed by atoms with Crippen LogP contribution in [0.5, 0.6) is 23.0 Å². The molecule has 0 heterocycles. The molecule has 2 unspecified atom stereocenters. The summed E-state index contributed by atoms with van der Waals surface area (Å²) in [6, 6.07) is 4.53. The van der Waals surface area contributed by atoms with Gasteiger partial charge in [-0.15, -0.1) is 12.2 Å². The molecular weight excluding hydrogens is 468 g/mol. The van der Waals surface area contributed by atoms with Gasteiger partial charge in [-0.3, -0.25) is 0 Å². The van der Waals surface area contributed by atoms with E-state index in [2.05, 4.69) is 16.0 Å². The lowest BCUT2D eigenvalue weighted by Gasteiger charge is -2.62. The number of phenols is 4. The number of nitrogens with zero attached hydrogens (tertiary/aromatic N) is 1. The molecule has 1 aliphatic carbocycles. The second-order valence-corrected chi connectivity index (χ2v) is 8.15. The minimum absolute atomic E-state index is 0.00636. The number of benzene rings is 2. The van der Waals surface area contributed by atoms with Crippen molar-refractivity contribution in [2.75, 3.05) is 12.4 Å². The van der Waals surface area contributed by atoms with E-state index in [9.17, 15) is 30.6 Å². The molecule has 0 spiro atoms. The highest BCUT2D eigenvalue weighted by molar-refractivity contribution is 5.69. The fourth-order valence-corrected chi connectivity index (χ4v) is 4.10. The van der Waals surface area contributed by atoms with Crippen LogP contribution in [0.15, 0.2) is 58.8 Å². The molecule has 0 aromatic heterocycles. The number of nitrogens with one attached hydrogen (secondary N) is 1. The molecule has 10 heteroatoms. The Morgan fingerprint density at radius 2 is 1.56 bits per heavy atom. The van der Waals surface area contributed by atoms with Crippen LogP contribution in [0.4, 0.5) is 11.4 Å². The molecule has 2 atom stereocenters. The molecule has 0 radical (unpaired) electrons. The number of methoxy groups -OCH3 is 1. The third-order valence-corrected chi connectivity index (χ3v) is 5.91. The predicted octanol–water partition coefficient (Wildman–Crippen LogP) is 2.52. The number of allylic oxidation sites excluding steroid dienone is 3. The van der Waals surface area contributed by atoms with E-state index in [0.29, 0.717) is 5.76 Å². The van der Waals surface area contributed by atoms with Crippen LogP contribution in [0.25, 0.3) is 0 Å². The first-order chi connectivity index (χ1) is 17.1. The predicted molar refractivity (Wildman–Crippen MR) is 129 cm³/mol. The van der Waals surface area contributed by atoms with E-state index in [1.807, 2.05) is 0 Å². The van der Waals surface area contributed by atoms with E-state index in [-0.39, 0.29) is 39.9 Å². The van der Waals surface area contributed by atoms with Crippen LogP contribution in [0.3, 0.4) is 0 Å². The number of phenolic OH excluding ortho intramolecular Hbond substituents is 4. The summed E-state index contributed by atoms with van der Waals surface area (Å²) in [6.07, 6.45) is 1.15. The van der Waals surface area contributed by atoms with Crippen molar-refractivity contribution >= 4 is 17.8 Å². The zero-order chi connectivity index (χ0) is 26.6. The standard InChI is InChI=1S/C26H28N2O8/c1-5-7-20(35-4)28-17-9-15(30)11-19(32)22(17)24-25(33)23(26(24)34)21-16(8-14(29)10-18(21)31)27-12-36-13(3)6-2/h5-6,8-12,23-26,28-32H,1-4H3/q-2/b13-6+,27-12?. The van der Waals surface area contributed by atoms with E-state index in [4.69, 9.17) is 9.47 Å². The third kappa shape index (κ3) is 5.26. The summed E-state index contributed by atoms with van der Waals surface area (Å²) in [5.74, 6) is -3.29. The Morgan fingerprint density at radius 1 is 0.972 bits per heavy atom. The molecular formula is C26H28N2O8-2. The third-order valence-electron chi connectivity index (χ3n) is 5.91. The molecule has 0 aliphatic heterocycles. The van der Waals surface area contributed by atoms with Crippen LogP contribution in [0.2, 0.25) is 0 Å². The molecule has 1 saturated carbocycles. The lowest BCUT2D eigenvalue weighted by atomic mass is 9.62. The summed E-state index contributed by atoms with van der Waals surface area (Å²) in [6.45, 7) is 5.16. The van der Waals surface area contributed by atoms with Crippen LogP contribution in [-0.2, 0) is 9.47 Å². The fourth-order valence-electron chi connectivity index (χ4n) is 4.10. The molecule has 3 rings (SSSR count). The monoisotopic (exact) mass is 496 g/mol. The topological polar surface area (TPSA) is 170 Å². The Kier molecular flexibility index (Phi) is 8.16. The van der Waals surface area contributed by atoms with Crippen LogP contribution in [0, 0.1) is 0 Å². The maximum atomic E-state index is 13.4. The van der Waals surface area contributed by atoms with Gasteiger partial charge in [0.2, 0.25) is 5.88 Å². The number of aromatic hydroxyl groups is 4. The van der Waals surface area contributed by atoms with Gasteiger partial charge in [-0.25, -0.2) is 4.99 Å². The van der Waals surface area contributed by atoms with E-state index in [1.165, 1.54) is 19.2 Å². The largest absolute Gasteiger partial charge is 0.851 e. The average Bonchev–Trinajstić information content (AvgIpc) is 2.82. The van der Waals surface area contributed by atoms with E-state index >= 15 is 0 Å². The minimum Gasteiger partial charge on any atom is -0.851 e. The number of ether oxygens (including phenoxy) is 2. The van der Waals surface area contributed by atoms with Crippen LogP contribution in [-0.4, -0.2) is 46.1 Å². The molecule has 0 amide bonds. The first kappa shape index (κ1) is 26.5. The molecule has 36 heavy (non-hydrogen) atoms. The minimum atomic E-state index is -1.59. The van der Waals surface area contributed by atoms with Crippen molar-refractivity contribution in [3.05, 3.63) is 64.9 Å². The number of anilines is 1. The summed E-state index contributed by atoms with van der Waals surface area (Å²) < 4.78 is 10.4. The normalized spacial score (nSPS) is 21.4. The fraction of sp³-hybridized carbons (Fsp3) is 0.308. The lowest BCUT2D eigenvalue weighted by Crippen LogP contribution is -2.63. The van der Waals surface area contributed by atoms with Crippen molar-refractivity contribution in [1.82, 2.24) is 0 Å². The van der Waals surface area contributed by atoms with Gasteiger partial charge in [-0.1, -0.05) is 5.73 Å². The van der Waals surface area contributed by atoms with E-state index in [1.54, 1.807) is 32.9 Å². The Hall–Kier alpha value is -4.11. The number of aliphatic imine (C=N–C) groups is 1. The Balaban J connectivity index is 2.02. The molecule has 5 N–H and O–H groups in total. The molecule has 0 saturated heterocycles. The van der Waals surface area contributed by atoms with Crippen molar-refractivity contribution < 1.29 is 40.1 Å². The van der Waals surface area contributed by atoms with Gasteiger partial charge in [-0.2, -0.15) is 0 Å². The van der Waals surface area contributed by atoms with Crippen LogP contribution >= 0.6 is 0 Å². The molecule has 0 bridgehead atoms. The summed E-state index contributed by atoms with van der Waals surface area (Å²) in [5.41, 5.74) is 2.87. The zero-order valence-corrected chi connectivity index (χ0v) is 20.2. The smallest absolute Gasteiger partial charge is 0.237 e. The Bertz CT molecular complexity index is 1240. The van der Waals surface area contributed by atoms with Crippen molar-refractivity contribution in [3.63, 3.8) is 0 Å². The van der Waals surface area contributed by atoms with Gasteiger partial charge in [0.05, 0.1) is 24.2 Å². The van der Waals surface area contributed by atoms with Crippen LogP contribution in [0.1, 0.15) is 43.7 Å². The molecule has 1 aliphatic rings. The second kappa shape index (κ2) is 11.1. The van der Waals surface area contributed by atoms with Gasteiger partial charge in [0.1, 0.15) is 23.0 Å². The summed E-state index contributed by atoms with van der Waals surface area (Å²) in [4.78, 5) is 4.09. The van der Waals surface area contributed by atoms with Crippen molar-refractivity contribution in [2.24, 2.45) is 4.99 Å². The van der Waals surface area contributed by atoms with Gasteiger partial charge in [-0.05, 0) is 44.8 Å². The maximum absolute atomic E-state index is 13.4. The van der Waals surface area contributed by atoms with Crippen molar-refractivity contribution in [3.8, 4) is 23.0 Å². The quantitative estimate of drug-likeness (QED) is 0.159. The van der Waals surface area contributed by atoms with E-state index in [0.717, 1.165) is 18.5 Å². The van der Waals surface area contributed by atoms with Gasteiger partial charge in [0, 0.05) is 35.4 Å². The number of hydrogen-bond donors (Lipinski definition) is 5. The van der Waals surface area contributed by atoms with Gasteiger partial charge in [0.25, 0.3) is 0 Å². The number of hydrogen-bond acceptors (Lipinski definition) is 10. The van der Waals surface area contributed by atoms with Crippen LogP contribution < -0.4 is 15.5 Å². The molecule has 2 aromatic carbocycles. The van der Waals surface area contributed by atoms with Gasteiger partial charge in [0.15, 0.2) is 6.40 Å². The molecule has 10 nitrogen and oxygen atoms in total. The van der Waals surface area contributed by atoms with Crippen molar-refractivity contribution in [2.45, 2.75) is 44.8 Å². The summed E-state index contributed by atoms with van der Waals surface area (Å²) in [5, 5.41) is 70.7. The maximum Gasteiger partial charge on any atom is 0.237 e. The highest BCUT2D eigenvalue weighted by atomic mass is 16.5. The van der Waals surface area contributed by atoms with Gasteiger partial charge < -0.3 is 45.4 Å². The number of rotatable bonds is 8. The highest BCUT2D eigenvalue weighted by Gasteiger charge is 2.43. The zero-order valence-electron chi connectivity index (χ0n) is 20.2. The first-order valence-corrected chi connectivity index (χ1v) is 11.1. The van der Waals surface area contributed by atoms with Crippen molar-refractivity contribution in [1.29, 1.82) is 0 Å². The molecule has 2 aromatic rings. The summed E-state index contributed by atoms with van der Waals surface area (Å²) >= 11 is 0. The molecule has 1 fully saturated rings. The SMILES string of the molecule is CC=C=C(Nc1cc(O)cc(O)c1C1C([O-])C(c2c(O)cc(O)cc2N=CO/C(C)=C/C)C1[O-])OC. The highest BCUT2D eigenvalue weighted by Crippen LogP contribution is 2.54. The van der Waals surface area contributed by atoms with E-state index < -0.39 is 35.5 Å². The Morgan fingerprint density at radius 3 is 2.14 bits per heavy atom. The first-order valence-electron chi connectivity index (χ1n) is 11.1. The average molecular weight is 497 g/mol. The summed E-state index contributed by atoms with van der Waals surface area (Å²) in [7, 11) is 1.38. The second-order valence-electron chi connectivity index (χ2n) is 8.15. The lowest BCUT2D eigenvalue weighted by molar-refractivity contribution is -0.536. The Labute approximate surface area is 208 Å².